The van der Waals surface area contributed by atoms with Gasteiger partial charge >= 0.3 is 0 Å². The van der Waals surface area contributed by atoms with Crippen molar-refractivity contribution in [2.24, 2.45) is 5.92 Å². The SMILES string of the molecule is CCCC1CCC(CCc2ccc3c(c2F)Oc2c(cc(CCCF)c(F)c2F)C3)OC1. The Balaban J connectivity index is 1.46. The predicted octanol–water partition coefficient (Wildman–Crippen LogP) is 7.23. The van der Waals surface area contributed by atoms with Gasteiger partial charge in [0.25, 0.3) is 0 Å². The number of fused-ring (bicyclic) bond motifs is 2. The molecule has 2 heterocycles. The Bertz CT molecular complexity index is 952. The maximum absolute atomic E-state index is 15.2. The highest BCUT2D eigenvalue weighted by Crippen LogP contribution is 2.42. The van der Waals surface area contributed by atoms with Gasteiger partial charge in [0, 0.05) is 24.2 Å². The molecule has 2 aliphatic heterocycles. The Morgan fingerprint density at radius 1 is 0.906 bits per heavy atom. The minimum atomic E-state index is -1.14. The number of hydrogen-bond acceptors (Lipinski definition) is 2. The summed E-state index contributed by atoms with van der Waals surface area (Å²) in [7, 11) is 0. The summed E-state index contributed by atoms with van der Waals surface area (Å²) in [4.78, 5) is 0. The summed E-state index contributed by atoms with van der Waals surface area (Å²) in [5.41, 5.74) is 1.66. The van der Waals surface area contributed by atoms with Crippen LogP contribution >= 0.6 is 0 Å². The summed E-state index contributed by atoms with van der Waals surface area (Å²) in [6, 6.07) is 5.04. The van der Waals surface area contributed by atoms with Crippen molar-refractivity contribution in [1.29, 1.82) is 0 Å². The van der Waals surface area contributed by atoms with Gasteiger partial charge in [0.15, 0.2) is 23.1 Å². The van der Waals surface area contributed by atoms with Crippen LogP contribution in [0.3, 0.4) is 0 Å². The Morgan fingerprint density at radius 2 is 1.72 bits per heavy atom. The molecule has 0 aliphatic carbocycles. The molecular formula is C26H30F4O2. The molecule has 6 heteroatoms. The molecule has 0 aromatic heterocycles. The number of halogens is 4. The number of alkyl halides is 1. The van der Waals surface area contributed by atoms with E-state index in [1.165, 1.54) is 12.5 Å². The van der Waals surface area contributed by atoms with Crippen LogP contribution in [0.25, 0.3) is 0 Å². The molecular weight excluding hydrogens is 420 g/mol. The molecule has 32 heavy (non-hydrogen) atoms. The molecule has 1 saturated heterocycles. The molecule has 4 rings (SSSR count). The van der Waals surface area contributed by atoms with Gasteiger partial charge in [0.2, 0.25) is 5.82 Å². The first-order chi connectivity index (χ1) is 15.5. The minimum absolute atomic E-state index is 0.0302. The van der Waals surface area contributed by atoms with E-state index in [-0.39, 0.29) is 42.4 Å². The summed E-state index contributed by atoms with van der Waals surface area (Å²) < 4.78 is 68.2. The van der Waals surface area contributed by atoms with Crippen molar-refractivity contribution in [3.8, 4) is 11.5 Å². The lowest BCUT2D eigenvalue weighted by Gasteiger charge is -2.29. The summed E-state index contributed by atoms with van der Waals surface area (Å²) in [5.74, 6) is -2.38. The number of rotatable bonds is 8. The van der Waals surface area contributed by atoms with Crippen molar-refractivity contribution in [2.75, 3.05) is 13.3 Å². The van der Waals surface area contributed by atoms with Crippen LogP contribution in [-0.2, 0) is 24.0 Å². The molecule has 0 bridgehead atoms. The molecule has 2 atom stereocenters. The van der Waals surface area contributed by atoms with Crippen LogP contribution in [0.5, 0.6) is 11.5 Å². The van der Waals surface area contributed by atoms with Gasteiger partial charge in [0.1, 0.15) is 0 Å². The van der Waals surface area contributed by atoms with Gasteiger partial charge in [-0.3, -0.25) is 4.39 Å². The van der Waals surface area contributed by atoms with Gasteiger partial charge in [-0.15, -0.1) is 0 Å². The molecule has 0 radical (unpaired) electrons. The highest BCUT2D eigenvalue weighted by molar-refractivity contribution is 5.53. The number of aryl methyl sites for hydroxylation is 2. The molecule has 1 fully saturated rings. The topological polar surface area (TPSA) is 18.5 Å². The first-order valence-corrected chi connectivity index (χ1v) is 11.7. The van der Waals surface area contributed by atoms with Crippen LogP contribution in [0, 0.1) is 23.4 Å². The van der Waals surface area contributed by atoms with Crippen molar-refractivity contribution in [3.05, 3.63) is 57.9 Å². The van der Waals surface area contributed by atoms with Crippen LogP contribution in [-0.4, -0.2) is 19.4 Å². The zero-order valence-corrected chi connectivity index (χ0v) is 18.5. The van der Waals surface area contributed by atoms with Gasteiger partial charge in [-0.2, -0.15) is 4.39 Å². The molecule has 2 unspecified atom stereocenters. The van der Waals surface area contributed by atoms with Gasteiger partial charge < -0.3 is 9.47 Å². The highest BCUT2D eigenvalue weighted by atomic mass is 19.2. The molecule has 0 N–H and O–H groups in total. The molecule has 0 amide bonds. The van der Waals surface area contributed by atoms with E-state index < -0.39 is 24.1 Å². The number of ether oxygens (including phenoxy) is 2. The van der Waals surface area contributed by atoms with Crippen LogP contribution < -0.4 is 4.74 Å². The average molecular weight is 451 g/mol. The number of hydrogen-bond donors (Lipinski definition) is 0. The lowest BCUT2D eigenvalue weighted by atomic mass is 9.91. The van der Waals surface area contributed by atoms with Crippen LogP contribution in [0.4, 0.5) is 17.6 Å². The maximum Gasteiger partial charge on any atom is 0.201 e. The van der Waals surface area contributed by atoms with Crippen molar-refractivity contribution < 1.29 is 27.0 Å². The third-order valence-electron chi connectivity index (χ3n) is 6.63. The first-order valence-electron chi connectivity index (χ1n) is 11.7. The second-order valence-electron chi connectivity index (χ2n) is 8.98. The van der Waals surface area contributed by atoms with Crippen molar-refractivity contribution >= 4 is 0 Å². The van der Waals surface area contributed by atoms with E-state index in [0.717, 1.165) is 25.9 Å². The van der Waals surface area contributed by atoms with E-state index in [1.54, 1.807) is 12.1 Å². The highest BCUT2D eigenvalue weighted by Gasteiger charge is 2.28. The lowest BCUT2D eigenvalue weighted by molar-refractivity contribution is -0.0216. The Morgan fingerprint density at radius 3 is 2.44 bits per heavy atom. The third-order valence-corrected chi connectivity index (χ3v) is 6.63. The number of benzene rings is 2. The summed E-state index contributed by atoms with van der Waals surface area (Å²) >= 11 is 0. The normalized spacial score (nSPS) is 19.9. The summed E-state index contributed by atoms with van der Waals surface area (Å²) in [6.07, 6.45) is 6.26. The van der Waals surface area contributed by atoms with Gasteiger partial charge in [-0.25, -0.2) is 8.78 Å². The van der Waals surface area contributed by atoms with E-state index in [9.17, 15) is 13.2 Å². The van der Waals surface area contributed by atoms with Gasteiger partial charge in [-0.1, -0.05) is 25.5 Å². The zero-order chi connectivity index (χ0) is 22.7. The van der Waals surface area contributed by atoms with Crippen LogP contribution in [0.15, 0.2) is 18.2 Å². The van der Waals surface area contributed by atoms with Crippen molar-refractivity contribution in [1.82, 2.24) is 0 Å². The van der Waals surface area contributed by atoms with Crippen LogP contribution in [0.2, 0.25) is 0 Å². The molecule has 0 spiro atoms. The fraction of sp³-hybridized carbons (Fsp3) is 0.538. The summed E-state index contributed by atoms with van der Waals surface area (Å²) in [5, 5.41) is 0. The second-order valence-corrected chi connectivity index (χ2v) is 8.98. The molecule has 2 nitrogen and oxygen atoms in total. The van der Waals surface area contributed by atoms with Gasteiger partial charge in [-0.05, 0) is 68.1 Å². The summed E-state index contributed by atoms with van der Waals surface area (Å²) in [6.45, 7) is 2.34. The quantitative estimate of drug-likeness (QED) is 0.337. The Hall–Kier alpha value is -2.08. The fourth-order valence-electron chi connectivity index (χ4n) is 4.83. The maximum atomic E-state index is 15.2. The minimum Gasteiger partial charge on any atom is -0.450 e. The standard InChI is InChI=1S/C26H30F4O2/c1-2-4-16-6-10-21(31-15-16)11-9-17-7-8-19-14-20-13-18(5-3-12-27)22(28)24(30)26(20)32-25(19)23(17)29/h7-8,13,16,21H,2-6,9-12,14-15H2,1H3. The average Bonchev–Trinajstić information content (AvgIpc) is 2.80. The van der Waals surface area contributed by atoms with E-state index in [1.807, 2.05) is 0 Å². The first kappa shape index (κ1) is 23.1. The lowest BCUT2D eigenvalue weighted by Crippen LogP contribution is -2.26. The Kier molecular flexibility index (Phi) is 7.39. The molecule has 2 aliphatic rings. The fourth-order valence-corrected chi connectivity index (χ4v) is 4.83. The largest absolute Gasteiger partial charge is 0.450 e. The molecule has 2 aromatic carbocycles. The third kappa shape index (κ3) is 4.80. The predicted molar refractivity (Wildman–Crippen MR) is 116 cm³/mol. The molecule has 174 valence electrons. The molecule has 2 aromatic rings. The van der Waals surface area contributed by atoms with Crippen molar-refractivity contribution in [3.63, 3.8) is 0 Å². The smallest absolute Gasteiger partial charge is 0.201 e. The van der Waals surface area contributed by atoms with E-state index in [0.29, 0.717) is 35.4 Å². The van der Waals surface area contributed by atoms with Gasteiger partial charge in [0.05, 0.1) is 12.8 Å². The van der Waals surface area contributed by atoms with Crippen LogP contribution in [0.1, 0.15) is 67.7 Å². The van der Waals surface area contributed by atoms with E-state index >= 15 is 4.39 Å². The molecule has 0 saturated carbocycles. The monoisotopic (exact) mass is 450 g/mol. The van der Waals surface area contributed by atoms with E-state index in [2.05, 4.69) is 6.92 Å². The van der Waals surface area contributed by atoms with E-state index in [4.69, 9.17) is 9.47 Å². The second kappa shape index (κ2) is 10.2. The zero-order valence-electron chi connectivity index (χ0n) is 18.5. The Labute approximate surface area is 186 Å². The van der Waals surface area contributed by atoms with Crippen molar-refractivity contribution in [2.45, 2.75) is 70.8 Å².